The van der Waals surface area contributed by atoms with E-state index in [9.17, 15) is 10.1 Å². The van der Waals surface area contributed by atoms with Crippen molar-refractivity contribution in [2.24, 2.45) is 0 Å². The van der Waals surface area contributed by atoms with Gasteiger partial charge in [-0.05, 0) is 25.8 Å². The lowest BCUT2D eigenvalue weighted by molar-refractivity contribution is -0.385. The topological polar surface area (TPSA) is 55.6 Å². The molecule has 0 heterocycles. The number of nitrogens with zero attached hydrogens (tertiary/aromatic N) is 2. The second-order valence-corrected chi connectivity index (χ2v) is 4.55. The maximum Gasteiger partial charge on any atom is 0.276 e. The van der Waals surface area contributed by atoms with E-state index in [4.69, 9.17) is 4.74 Å². The van der Waals surface area contributed by atoms with Crippen LogP contribution in [0.15, 0.2) is 12.1 Å². The van der Waals surface area contributed by atoms with Gasteiger partial charge in [0.05, 0.1) is 23.8 Å². The largest absolute Gasteiger partial charge is 0.494 e. The highest BCUT2D eigenvalue weighted by Gasteiger charge is 2.19. The van der Waals surface area contributed by atoms with Gasteiger partial charge in [0.25, 0.3) is 5.69 Å². The van der Waals surface area contributed by atoms with Crippen molar-refractivity contribution >= 4 is 11.4 Å². The fourth-order valence-electron chi connectivity index (χ4n) is 2.16. The van der Waals surface area contributed by atoms with Crippen molar-refractivity contribution in [2.45, 2.75) is 33.6 Å². The van der Waals surface area contributed by atoms with E-state index in [0.717, 1.165) is 31.6 Å². The van der Waals surface area contributed by atoms with Gasteiger partial charge >= 0.3 is 0 Å². The number of benzene rings is 1. The molecule has 0 aliphatic heterocycles. The fourth-order valence-corrected chi connectivity index (χ4v) is 2.16. The molecule has 1 aromatic rings. The summed E-state index contributed by atoms with van der Waals surface area (Å²) in [4.78, 5) is 12.8. The summed E-state index contributed by atoms with van der Waals surface area (Å²) in [5, 5.41) is 11.0. The van der Waals surface area contributed by atoms with E-state index in [1.807, 2.05) is 6.07 Å². The molecular formula is C14H22N2O3. The van der Waals surface area contributed by atoms with Crippen LogP contribution in [0.5, 0.6) is 5.75 Å². The number of nitro benzene ring substituents is 1. The minimum Gasteiger partial charge on any atom is -0.494 e. The Morgan fingerprint density at radius 2 is 1.84 bits per heavy atom. The lowest BCUT2D eigenvalue weighted by Gasteiger charge is -2.26. The molecule has 1 rings (SSSR count). The van der Waals surface area contributed by atoms with Crippen LogP contribution in [0.25, 0.3) is 0 Å². The van der Waals surface area contributed by atoms with Gasteiger partial charge < -0.3 is 9.64 Å². The van der Waals surface area contributed by atoms with Gasteiger partial charge in [-0.1, -0.05) is 13.8 Å². The van der Waals surface area contributed by atoms with Crippen LogP contribution in [0.2, 0.25) is 0 Å². The lowest BCUT2D eigenvalue weighted by Crippen LogP contribution is -2.25. The Morgan fingerprint density at radius 3 is 2.26 bits per heavy atom. The van der Waals surface area contributed by atoms with Gasteiger partial charge in [0.1, 0.15) is 5.75 Å². The van der Waals surface area contributed by atoms with Gasteiger partial charge in [0.2, 0.25) is 0 Å². The summed E-state index contributed by atoms with van der Waals surface area (Å²) >= 11 is 0. The predicted molar refractivity (Wildman–Crippen MR) is 77.2 cm³/mol. The Balaban J connectivity index is 3.24. The third kappa shape index (κ3) is 3.59. The van der Waals surface area contributed by atoms with Crippen LogP contribution in [-0.2, 0) is 0 Å². The van der Waals surface area contributed by atoms with E-state index in [0.29, 0.717) is 11.3 Å². The zero-order valence-electron chi connectivity index (χ0n) is 12.1. The molecule has 0 unspecified atom stereocenters. The Hall–Kier alpha value is -1.78. The van der Waals surface area contributed by atoms with Crippen LogP contribution < -0.4 is 9.64 Å². The number of nitro groups is 1. The zero-order valence-corrected chi connectivity index (χ0v) is 12.1. The molecule has 0 saturated heterocycles. The van der Waals surface area contributed by atoms with Crippen LogP contribution >= 0.6 is 0 Å². The maximum absolute atomic E-state index is 11.0. The molecule has 0 radical (unpaired) electrons. The Morgan fingerprint density at radius 1 is 1.26 bits per heavy atom. The molecule has 1 aromatic carbocycles. The third-order valence-electron chi connectivity index (χ3n) is 3.02. The first-order chi connectivity index (χ1) is 9.04. The van der Waals surface area contributed by atoms with E-state index in [1.54, 1.807) is 14.0 Å². The molecule has 5 nitrogen and oxygen atoms in total. The number of ether oxygens (including phenoxy) is 1. The van der Waals surface area contributed by atoms with Crippen molar-refractivity contribution < 1.29 is 9.66 Å². The van der Waals surface area contributed by atoms with Gasteiger partial charge in [-0.2, -0.15) is 0 Å². The summed E-state index contributed by atoms with van der Waals surface area (Å²) in [6, 6.07) is 3.37. The first-order valence-electron chi connectivity index (χ1n) is 6.63. The normalized spacial score (nSPS) is 10.3. The van der Waals surface area contributed by atoms with Crippen LogP contribution in [0, 0.1) is 17.0 Å². The maximum atomic E-state index is 11.0. The summed E-state index contributed by atoms with van der Waals surface area (Å²) in [7, 11) is 1.55. The summed E-state index contributed by atoms with van der Waals surface area (Å²) < 4.78 is 5.32. The molecule has 0 saturated carbocycles. The summed E-state index contributed by atoms with van der Waals surface area (Å²) in [5.41, 5.74) is 1.71. The monoisotopic (exact) mass is 266 g/mol. The first-order valence-corrected chi connectivity index (χ1v) is 6.63. The smallest absolute Gasteiger partial charge is 0.276 e. The zero-order chi connectivity index (χ0) is 14.4. The molecule has 5 heteroatoms. The highest BCUT2D eigenvalue weighted by molar-refractivity contribution is 5.65. The van der Waals surface area contributed by atoms with Crippen molar-refractivity contribution in [1.82, 2.24) is 0 Å². The third-order valence-corrected chi connectivity index (χ3v) is 3.02. The van der Waals surface area contributed by atoms with E-state index < -0.39 is 0 Å². The van der Waals surface area contributed by atoms with Gasteiger partial charge in [-0.3, -0.25) is 10.1 Å². The quantitative estimate of drug-likeness (QED) is 0.559. The number of aryl methyl sites for hydroxylation is 1. The molecule has 0 bridgehead atoms. The van der Waals surface area contributed by atoms with Gasteiger partial charge in [0.15, 0.2) is 0 Å². The fraction of sp³-hybridized carbons (Fsp3) is 0.571. The molecule has 0 amide bonds. The SMILES string of the molecule is CCCN(CCC)c1cc(C)c([N+](=O)[O-])cc1OC. The summed E-state index contributed by atoms with van der Waals surface area (Å²) in [6.07, 6.45) is 2.05. The van der Waals surface area contributed by atoms with Crippen LogP contribution in [0.3, 0.4) is 0 Å². The minimum atomic E-state index is -0.369. The second kappa shape index (κ2) is 6.97. The summed E-state index contributed by atoms with van der Waals surface area (Å²) in [5.74, 6) is 0.569. The molecule has 106 valence electrons. The minimum absolute atomic E-state index is 0.105. The van der Waals surface area contributed by atoms with Crippen LogP contribution in [0.4, 0.5) is 11.4 Å². The Kier molecular flexibility index (Phi) is 5.60. The van der Waals surface area contributed by atoms with Crippen LogP contribution in [0.1, 0.15) is 32.3 Å². The standard InChI is InChI=1S/C14H22N2O3/c1-5-7-15(8-6-2)13-9-11(3)12(16(17)18)10-14(13)19-4/h9-10H,5-8H2,1-4H3. The molecule has 0 spiro atoms. The van der Waals surface area contributed by atoms with Crippen molar-refractivity contribution in [2.75, 3.05) is 25.1 Å². The number of anilines is 1. The van der Waals surface area contributed by atoms with Crippen molar-refractivity contribution in [3.05, 3.63) is 27.8 Å². The summed E-state index contributed by atoms with van der Waals surface area (Å²) in [6.45, 7) is 7.83. The van der Waals surface area contributed by atoms with E-state index >= 15 is 0 Å². The molecule has 0 atom stereocenters. The van der Waals surface area contributed by atoms with Gasteiger partial charge in [-0.25, -0.2) is 0 Å². The van der Waals surface area contributed by atoms with Crippen molar-refractivity contribution in [1.29, 1.82) is 0 Å². The number of hydrogen-bond donors (Lipinski definition) is 0. The Labute approximate surface area is 114 Å². The highest BCUT2D eigenvalue weighted by Crippen LogP contribution is 2.35. The van der Waals surface area contributed by atoms with E-state index in [-0.39, 0.29) is 10.6 Å². The lowest BCUT2D eigenvalue weighted by atomic mass is 10.1. The molecule has 0 fully saturated rings. The predicted octanol–water partition coefficient (Wildman–Crippen LogP) is 3.54. The van der Waals surface area contributed by atoms with Gasteiger partial charge in [0, 0.05) is 18.7 Å². The number of methoxy groups -OCH3 is 1. The van der Waals surface area contributed by atoms with E-state index in [2.05, 4.69) is 18.7 Å². The number of hydrogen-bond acceptors (Lipinski definition) is 4. The molecule has 0 aromatic heterocycles. The molecule has 0 aliphatic rings. The van der Waals surface area contributed by atoms with Crippen LogP contribution in [-0.4, -0.2) is 25.1 Å². The first kappa shape index (κ1) is 15.3. The van der Waals surface area contributed by atoms with Crippen molar-refractivity contribution in [3.8, 4) is 5.75 Å². The second-order valence-electron chi connectivity index (χ2n) is 4.55. The number of rotatable bonds is 7. The van der Waals surface area contributed by atoms with Gasteiger partial charge in [-0.15, -0.1) is 0 Å². The molecular weight excluding hydrogens is 244 g/mol. The molecule has 19 heavy (non-hydrogen) atoms. The average Bonchev–Trinajstić information content (AvgIpc) is 2.37. The molecule has 0 aliphatic carbocycles. The average molecular weight is 266 g/mol. The van der Waals surface area contributed by atoms with Crippen molar-refractivity contribution in [3.63, 3.8) is 0 Å². The van der Waals surface area contributed by atoms with E-state index in [1.165, 1.54) is 6.07 Å². The highest BCUT2D eigenvalue weighted by atomic mass is 16.6. The molecule has 0 N–H and O–H groups in total. The Bertz CT molecular complexity index is 441.